The fraction of sp³-hybridized carbons (Fsp3) is 0.0769. The largest absolute Gasteiger partial charge is 0.449 e. The van der Waals surface area contributed by atoms with E-state index < -0.39 is 5.97 Å². The molecule has 1 unspecified atom stereocenters. The van der Waals surface area contributed by atoms with Crippen LogP contribution in [0.2, 0.25) is 5.15 Å². The van der Waals surface area contributed by atoms with Gasteiger partial charge in [0.25, 0.3) is 0 Å². The maximum absolute atomic E-state index is 11.7. The molecule has 0 N–H and O–H groups in total. The molecule has 3 nitrogen and oxygen atoms in total. The lowest BCUT2D eigenvalue weighted by atomic mass is 10.0. The summed E-state index contributed by atoms with van der Waals surface area (Å²) in [6.45, 7) is 0. The molecule has 84 valence electrons. The average molecular weight is 246 g/mol. The maximum atomic E-state index is 11.7. The van der Waals surface area contributed by atoms with Gasteiger partial charge in [0.2, 0.25) is 0 Å². The summed E-state index contributed by atoms with van der Waals surface area (Å²) in [6.07, 6.45) is 1.21. The Kier molecular flexibility index (Phi) is 2.34. The zero-order valence-corrected chi connectivity index (χ0v) is 9.52. The molecule has 17 heavy (non-hydrogen) atoms. The average Bonchev–Trinajstić information content (AvgIpc) is 2.69. The lowest BCUT2D eigenvalue weighted by Crippen LogP contribution is -2.00. The van der Waals surface area contributed by atoms with E-state index in [0.29, 0.717) is 5.56 Å². The Bertz CT molecular complexity index is 583. The number of cyclic esters (lactones) is 1. The topological polar surface area (TPSA) is 39.2 Å². The molecule has 2 aromatic rings. The Morgan fingerprint density at radius 2 is 1.94 bits per heavy atom. The van der Waals surface area contributed by atoms with Crippen LogP contribution < -0.4 is 0 Å². The number of aromatic nitrogens is 1. The number of carbonyl (C=O) groups excluding carboxylic acids is 1. The highest BCUT2D eigenvalue weighted by Gasteiger charge is 2.34. The second-order valence-corrected chi connectivity index (χ2v) is 4.12. The summed E-state index contributed by atoms with van der Waals surface area (Å²) >= 11 is 5.91. The fourth-order valence-electron chi connectivity index (χ4n) is 1.98. The van der Waals surface area contributed by atoms with Gasteiger partial charge in [0.15, 0.2) is 6.10 Å². The van der Waals surface area contributed by atoms with Crippen LogP contribution in [0.3, 0.4) is 0 Å². The van der Waals surface area contributed by atoms with Gasteiger partial charge in [-0.2, -0.15) is 0 Å². The van der Waals surface area contributed by atoms with Gasteiger partial charge in [-0.05, 0) is 11.6 Å². The summed E-state index contributed by atoms with van der Waals surface area (Å²) in [5.41, 5.74) is 2.09. The number of carbonyl (C=O) groups is 1. The van der Waals surface area contributed by atoms with Crippen molar-refractivity contribution in [3.05, 3.63) is 64.4 Å². The van der Waals surface area contributed by atoms with Gasteiger partial charge in [0.1, 0.15) is 10.7 Å². The van der Waals surface area contributed by atoms with Crippen molar-refractivity contribution < 1.29 is 9.53 Å². The standard InChI is InChI=1S/C13H8ClNO2/c14-12-10-9(6-7-15-12)11(17-13(10)16)8-4-2-1-3-5-8/h1-7,11H. The Morgan fingerprint density at radius 3 is 2.71 bits per heavy atom. The first kappa shape index (κ1) is 10.3. The van der Waals surface area contributed by atoms with Crippen molar-refractivity contribution in [2.75, 3.05) is 0 Å². The Balaban J connectivity index is 2.14. The van der Waals surface area contributed by atoms with Crippen LogP contribution in [-0.2, 0) is 4.74 Å². The highest BCUT2D eigenvalue weighted by molar-refractivity contribution is 6.32. The second-order valence-electron chi connectivity index (χ2n) is 3.76. The van der Waals surface area contributed by atoms with Crippen molar-refractivity contribution in [2.45, 2.75) is 6.10 Å². The minimum absolute atomic E-state index is 0.200. The summed E-state index contributed by atoms with van der Waals surface area (Å²) < 4.78 is 5.34. The first-order chi connectivity index (χ1) is 8.27. The molecule has 1 aromatic heterocycles. The van der Waals surface area contributed by atoms with Crippen LogP contribution >= 0.6 is 11.6 Å². The molecule has 0 spiro atoms. The summed E-state index contributed by atoms with van der Waals surface area (Å²) in [5.74, 6) is -0.410. The van der Waals surface area contributed by atoms with Gasteiger partial charge >= 0.3 is 5.97 Å². The fourth-order valence-corrected chi connectivity index (χ4v) is 2.22. The first-order valence-corrected chi connectivity index (χ1v) is 5.55. The molecular formula is C13H8ClNO2. The Hall–Kier alpha value is -1.87. The second kappa shape index (κ2) is 3.86. The van der Waals surface area contributed by atoms with Crippen LogP contribution in [0.5, 0.6) is 0 Å². The van der Waals surface area contributed by atoms with Crippen molar-refractivity contribution in [1.82, 2.24) is 4.98 Å². The van der Waals surface area contributed by atoms with E-state index in [1.807, 2.05) is 30.3 Å². The molecule has 1 aliphatic heterocycles. The molecule has 1 aliphatic rings. The number of hydrogen-bond donors (Lipinski definition) is 0. The number of ether oxygens (including phenoxy) is 1. The van der Waals surface area contributed by atoms with Gasteiger partial charge in [-0.1, -0.05) is 41.9 Å². The van der Waals surface area contributed by atoms with Gasteiger partial charge in [-0.25, -0.2) is 9.78 Å². The normalized spacial score (nSPS) is 17.7. The van der Waals surface area contributed by atoms with E-state index in [1.54, 1.807) is 12.3 Å². The van der Waals surface area contributed by atoms with Crippen molar-refractivity contribution in [3.63, 3.8) is 0 Å². The van der Waals surface area contributed by atoms with E-state index in [4.69, 9.17) is 16.3 Å². The highest BCUT2D eigenvalue weighted by atomic mass is 35.5. The number of esters is 1. The molecular weight excluding hydrogens is 238 g/mol. The molecule has 0 amide bonds. The molecule has 1 aromatic carbocycles. The minimum atomic E-state index is -0.410. The third-order valence-electron chi connectivity index (χ3n) is 2.75. The van der Waals surface area contributed by atoms with E-state index in [0.717, 1.165) is 11.1 Å². The molecule has 1 atom stereocenters. The molecule has 4 heteroatoms. The third-order valence-corrected chi connectivity index (χ3v) is 3.04. The number of fused-ring (bicyclic) bond motifs is 1. The number of halogens is 1. The number of hydrogen-bond acceptors (Lipinski definition) is 3. The summed E-state index contributed by atoms with van der Waals surface area (Å²) in [6, 6.07) is 11.3. The monoisotopic (exact) mass is 245 g/mol. The van der Waals surface area contributed by atoms with Gasteiger partial charge in [0.05, 0.1) is 0 Å². The Morgan fingerprint density at radius 1 is 1.18 bits per heavy atom. The zero-order valence-electron chi connectivity index (χ0n) is 8.76. The summed E-state index contributed by atoms with van der Waals surface area (Å²) in [7, 11) is 0. The molecule has 0 fully saturated rings. The van der Waals surface area contributed by atoms with Crippen molar-refractivity contribution in [1.29, 1.82) is 0 Å². The number of nitrogens with zero attached hydrogens (tertiary/aromatic N) is 1. The Labute approximate surface area is 103 Å². The molecule has 0 radical (unpaired) electrons. The van der Waals surface area contributed by atoms with E-state index >= 15 is 0 Å². The predicted molar refractivity (Wildman–Crippen MR) is 62.9 cm³/mol. The van der Waals surface area contributed by atoms with E-state index in [1.165, 1.54) is 0 Å². The zero-order chi connectivity index (χ0) is 11.8. The predicted octanol–water partition coefficient (Wildman–Crippen LogP) is 2.99. The van der Waals surface area contributed by atoms with Gasteiger partial charge < -0.3 is 4.74 Å². The van der Waals surface area contributed by atoms with Gasteiger partial charge in [-0.15, -0.1) is 0 Å². The summed E-state index contributed by atoms with van der Waals surface area (Å²) in [4.78, 5) is 15.6. The van der Waals surface area contributed by atoms with Crippen molar-refractivity contribution in [2.24, 2.45) is 0 Å². The van der Waals surface area contributed by atoms with Crippen LogP contribution in [0, 0.1) is 0 Å². The molecule has 3 rings (SSSR count). The number of pyridine rings is 1. The molecule has 2 heterocycles. The van der Waals surface area contributed by atoms with E-state index in [2.05, 4.69) is 4.98 Å². The van der Waals surface area contributed by atoms with Crippen LogP contribution in [-0.4, -0.2) is 11.0 Å². The lowest BCUT2D eigenvalue weighted by Gasteiger charge is -2.10. The lowest BCUT2D eigenvalue weighted by molar-refractivity contribution is 0.0456. The van der Waals surface area contributed by atoms with Crippen LogP contribution in [0.15, 0.2) is 42.6 Å². The number of benzene rings is 1. The molecule has 0 aliphatic carbocycles. The minimum Gasteiger partial charge on any atom is -0.449 e. The first-order valence-electron chi connectivity index (χ1n) is 5.17. The molecule has 0 saturated heterocycles. The van der Waals surface area contributed by atoms with Gasteiger partial charge in [0, 0.05) is 11.8 Å². The summed E-state index contributed by atoms with van der Waals surface area (Å²) in [5, 5.41) is 0.200. The van der Waals surface area contributed by atoms with Crippen LogP contribution in [0.25, 0.3) is 0 Å². The van der Waals surface area contributed by atoms with Gasteiger partial charge in [-0.3, -0.25) is 0 Å². The van der Waals surface area contributed by atoms with Crippen LogP contribution in [0.1, 0.15) is 27.6 Å². The SMILES string of the molecule is O=C1OC(c2ccccc2)c2ccnc(Cl)c21. The van der Waals surface area contributed by atoms with Crippen molar-refractivity contribution in [3.8, 4) is 0 Å². The smallest absolute Gasteiger partial charge is 0.342 e. The maximum Gasteiger partial charge on any atom is 0.342 e. The van der Waals surface area contributed by atoms with E-state index in [-0.39, 0.29) is 11.3 Å². The van der Waals surface area contributed by atoms with Crippen LogP contribution in [0.4, 0.5) is 0 Å². The molecule has 0 bridgehead atoms. The quantitative estimate of drug-likeness (QED) is 0.573. The molecule has 0 saturated carbocycles. The van der Waals surface area contributed by atoms with Crippen molar-refractivity contribution >= 4 is 17.6 Å². The highest BCUT2D eigenvalue weighted by Crippen LogP contribution is 2.37. The number of rotatable bonds is 1. The van der Waals surface area contributed by atoms with E-state index in [9.17, 15) is 4.79 Å². The third kappa shape index (κ3) is 1.59.